The highest BCUT2D eigenvalue weighted by Crippen LogP contribution is 2.16. The topological polar surface area (TPSA) is 49.7 Å². The van der Waals surface area contributed by atoms with Crippen LogP contribution in [0.1, 0.15) is 0 Å². The van der Waals surface area contributed by atoms with Gasteiger partial charge in [-0.15, -0.1) is 17.2 Å². The number of ether oxygens (including phenoxy) is 1. The van der Waals surface area contributed by atoms with Gasteiger partial charge in [-0.25, -0.2) is 0 Å². The van der Waals surface area contributed by atoms with Gasteiger partial charge in [0.25, 0.3) is 0 Å². The second-order valence-electron chi connectivity index (χ2n) is 2.95. The zero-order valence-electron chi connectivity index (χ0n) is 8.45. The van der Waals surface area contributed by atoms with Crippen molar-refractivity contribution in [2.24, 2.45) is 0 Å². The van der Waals surface area contributed by atoms with Gasteiger partial charge in [0.2, 0.25) is 0 Å². The van der Waals surface area contributed by atoms with Gasteiger partial charge in [0.1, 0.15) is 6.10 Å². The van der Waals surface area contributed by atoms with Crippen LogP contribution in [0.3, 0.4) is 0 Å². The molecule has 0 amide bonds. The summed E-state index contributed by atoms with van der Waals surface area (Å²) in [6, 6.07) is 0. The van der Waals surface area contributed by atoms with Crippen LogP contribution in [0.15, 0.2) is 0 Å². The van der Waals surface area contributed by atoms with Crippen molar-refractivity contribution in [2.75, 3.05) is 32.8 Å². The minimum Gasteiger partial charge on any atom is -0.390 e. The van der Waals surface area contributed by atoms with Crippen LogP contribution in [0.5, 0.6) is 0 Å². The molecule has 2 N–H and O–H groups in total. The summed E-state index contributed by atoms with van der Waals surface area (Å²) in [5.74, 6) is 0. The first-order chi connectivity index (χ1) is 6.17. The molecule has 0 aliphatic carbocycles. The van der Waals surface area contributed by atoms with Crippen molar-refractivity contribution in [2.45, 2.75) is 18.3 Å². The molecule has 0 aromatic carbocycles. The van der Waals surface area contributed by atoms with Crippen molar-refractivity contribution in [3.05, 3.63) is 0 Å². The second kappa shape index (κ2) is 8.08. The van der Waals surface area contributed by atoms with Crippen LogP contribution in [0.4, 0.5) is 0 Å². The van der Waals surface area contributed by atoms with Crippen molar-refractivity contribution < 1.29 is 14.9 Å². The van der Waals surface area contributed by atoms with Crippen molar-refractivity contribution in [1.29, 1.82) is 0 Å². The third-order valence-corrected chi connectivity index (χ3v) is 3.53. The van der Waals surface area contributed by atoms with E-state index in [1.807, 2.05) is 6.66 Å². The van der Waals surface area contributed by atoms with E-state index in [0.717, 1.165) is 14.7 Å². The Morgan fingerprint density at radius 1 is 1.15 bits per heavy atom. The maximum atomic E-state index is 9.67. The average Bonchev–Trinajstić information content (AvgIpc) is 2.13. The molecule has 0 aromatic heterocycles. The predicted octanol–water partition coefficient (Wildman–Crippen LogP) is 0.340. The van der Waals surface area contributed by atoms with E-state index in [-0.39, 0.29) is 6.10 Å². The van der Waals surface area contributed by atoms with Gasteiger partial charge in [0.05, 0.1) is 12.2 Å². The highest BCUT2D eigenvalue weighted by molar-refractivity contribution is 7.37. The van der Waals surface area contributed by atoms with Crippen LogP contribution in [-0.4, -0.2) is 61.3 Å². The zero-order chi connectivity index (χ0) is 10.3. The molecular formula is C8H20O3P2. The van der Waals surface area contributed by atoms with Crippen LogP contribution in [0.25, 0.3) is 0 Å². The molecule has 0 spiro atoms. The van der Waals surface area contributed by atoms with Gasteiger partial charge in [0.15, 0.2) is 0 Å². The van der Waals surface area contributed by atoms with Crippen molar-refractivity contribution in [1.82, 2.24) is 0 Å². The molecule has 5 heteroatoms. The predicted molar refractivity (Wildman–Crippen MR) is 61.0 cm³/mol. The van der Waals surface area contributed by atoms with E-state index in [0.29, 0.717) is 14.7 Å². The van der Waals surface area contributed by atoms with Gasteiger partial charge < -0.3 is 14.9 Å². The molecule has 5 atom stereocenters. The summed E-state index contributed by atoms with van der Waals surface area (Å²) in [7, 11) is 2.98. The summed E-state index contributed by atoms with van der Waals surface area (Å²) in [4.78, 5) is 0. The van der Waals surface area contributed by atoms with E-state index in [1.54, 1.807) is 7.11 Å². The molecule has 0 heterocycles. The molecular weight excluding hydrogens is 206 g/mol. The average molecular weight is 226 g/mol. The number of hydrogen-bond donors (Lipinski definition) is 2. The molecule has 0 bridgehead atoms. The normalized spacial score (nSPS) is 20.1. The quantitative estimate of drug-likeness (QED) is 0.615. The molecule has 0 aliphatic rings. The van der Waals surface area contributed by atoms with Crippen molar-refractivity contribution >= 4 is 17.2 Å². The van der Waals surface area contributed by atoms with E-state index in [4.69, 9.17) is 4.74 Å². The van der Waals surface area contributed by atoms with E-state index in [1.165, 1.54) is 0 Å². The Bertz CT molecular complexity index is 124. The fourth-order valence-electron chi connectivity index (χ4n) is 1.12. The first-order valence-corrected chi connectivity index (χ1v) is 7.76. The number of aliphatic hydroxyl groups is 2. The first-order valence-electron chi connectivity index (χ1n) is 4.35. The fourth-order valence-corrected chi connectivity index (χ4v) is 2.59. The number of hydrogen-bond acceptors (Lipinski definition) is 3. The van der Waals surface area contributed by atoms with Crippen LogP contribution < -0.4 is 0 Å². The molecule has 5 unspecified atom stereocenters. The van der Waals surface area contributed by atoms with Crippen LogP contribution >= 0.6 is 17.2 Å². The monoisotopic (exact) mass is 226 g/mol. The second-order valence-corrected chi connectivity index (χ2v) is 5.18. The maximum Gasteiger partial charge on any atom is 0.107 e. The molecule has 13 heavy (non-hydrogen) atoms. The van der Waals surface area contributed by atoms with Crippen LogP contribution in [0.2, 0.25) is 0 Å². The molecule has 3 nitrogen and oxygen atoms in total. The lowest BCUT2D eigenvalue weighted by Gasteiger charge is -2.25. The Morgan fingerprint density at radius 2 is 1.69 bits per heavy atom. The third kappa shape index (κ3) is 5.24. The summed E-state index contributed by atoms with van der Waals surface area (Å²) in [6.07, 6.45) is -0.0979. The van der Waals surface area contributed by atoms with Gasteiger partial charge in [-0.2, -0.15) is 0 Å². The molecule has 0 fully saturated rings. The van der Waals surface area contributed by atoms with E-state index < -0.39 is 12.2 Å². The summed E-state index contributed by atoms with van der Waals surface area (Å²) in [6.45, 7) is 4.08. The Balaban J connectivity index is 3.94. The standard InChI is InChI=1S/C8H20O3P2/c1-11-7(5-13-3)8(10)6(9)4-12-2/h6-10,12-13H,4-5H2,1-3H3. The Kier molecular flexibility index (Phi) is 8.54. The lowest BCUT2D eigenvalue weighted by Crippen LogP contribution is -2.40. The number of methoxy groups -OCH3 is 1. The van der Waals surface area contributed by atoms with Crippen LogP contribution in [0, 0.1) is 0 Å². The van der Waals surface area contributed by atoms with Gasteiger partial charge in [-0.1, -0.05) is 0 Å². The molecule has 0 radical (unpaired) electrons. The van der Waals surface area contributed by atoms with Gasteiger partial charge in [-0.05, 0) is 25.7 Å². The molecule has 0 saturated carbocycles. The van der Waals surface area contributed by atoms with E-state index in [2.05, 4.69) is 6.66 Å². The molecule has 80 valence electrons. The van der Waals surface area contributed by atoms with Gasteiger partial charge >= 0.3 is 0 Å². The minimum absolute atomic E-state index is 0.213. The Labute approximate surface area is 83.8 Å². The third-order valence-electron chi connectivity index (χ3n) is 1.90. The Morgan fingerprint density at radius 3 is 2.08 bits per heavy atom. The lowest BCUT2D eigenvalue weighted by atomic mass is 10.1. The SMILES string of the molecule is COC(CPC)C(O)C(O)CPC. The van der Waals surface area contributed by atoms with Gasteiger partial charge in [-0.3, -0.25) is 0 Å². The van der Waals surface area contributed by atoms with E-state index >= 15 is 0 Å². The van der Waals surface area contributed by atoms with Crippen molar-refractivity contribution in [3.8, 4) is 0 Å². The van der Waals surface area contributed by atoms with E-state index in [9.17, 15) is 10.2 Å². The number of rotatable bonds is 7. The fraction of sp³-hybridized carbons (Fsp3) is 1.00. The Hall–Kier alpha value is 0.740. The summed E-state index contributed by atoms with van der Waals surface area (Å²) >= 11 is 0. The lowest BCUT2D eigenvalue weighted by molar-refractivity contribution is -0.0575. The smallest absolute Gasteiger partial charge is 0.107 e. The molecule has 0 aliphatic heterocycles. The molecule has 0 rings (SSSR count). The maximum absolute atomic E-state index is 9.67. The zero-order valence-corrected chi connectivity index (χ0v) is 10.4. The van der Waals surface area contributed by atoms with Crippen LogP contribution in [-0.2, 0) is 4.74 Å². The molecule has 0 aromatic rings. The summed E-state index contributed by atoms with van der Waals surface area (Å²) in [5, 5.41) is 19.2. The highest BCUT2D eigenvalue weighted by atomic mass is 31.1. The van der Waals surface area contributed by atoms with Gasteiger partial charge in [0, 0.05) is 7.11 Å². The minimum atomic E-state index is -0.732. The first kappa shape index (κ1) is 13.7. The van der Waals surface area contributed by atoms with Crippen molar-refractivity contribution in [3.63, 3.8) is 0 Å². The number of aliphatic hydroxyl groups excluding tert-OH is 2. The summed E-state index contributed by atoms with van der Waals surface area (Å²) < 4.78 is 5.12. The largest absolute Gasteiger partial charge is 0.390 e. The highest BCUT2D eigenvalue weighted by Gasteiger charge is 2.24. The molecule has 0 saturated heterocycles. The summed E-state index contributed by atoms with van der Waals surface area (Å²) in [5.41, 5.74) is 0.